The third-order valence-corrected chi connectivity index (χ3v) is 8.39. The molecule has 0 bridgehead atoms. The Morgan fingerprint density at radius 1 is 1.19 bits per heavy atom. The minimum Gasteiger partial charge on any atom is -0.338 e. The standard InChI is InChI=1S/C23H28N4O2S2/c1-4-23(10-6-5-7-11-23)26-20(28)18-14-30-21(25-18)17-8-12-27(13-9-17)22(29)19-15(2)24-16(3)31-19/h1,14,17H,5-13H2,2-3H3,(H,26,28). The fourth-order valence-corrected chi connectivity index (χ4v) is 6.38. The second kappa shape index (κ2) is 9.09. The van der Waals surface area contributed by atoms with Gasteiger partial charge in [0, 0.05) is 24.4 Å². The summed E-state index contributed by atoms with van der Waals surface area (Å²) in [7, 11) is 0. The van der Waals surface area contributed by atoms with Gasteiger partial charge in [-0.2, -0.15) is 0 Å². The molecular formula is C23H28N4O2S2. The van der Waals surface area contributed by atoms with Gasteiger partial charge in [-0.25, -0.2) is 9.97 Å². The van der Waals surface area contributed by atoms with Gasteiger partial charge in [0.1, 0.15) is 16.1 Å². The maximum Gasteiger partial charge on any atom is 0.271 e. The lowest BCUT2D eigenvalue weighted by Gasteiger charge is -2.33. The zero-order chi connectivity index (χ0) is 22.0. The summed E-state index contributed by atoms with van der Waals surface area (Å²) in [6.07, 6.45) is 12.4. The zero-order valence-corrected chi connectivity index (χ0v) is 19.7. The zero-order valence-electron chi connectivity index (χ0n) is 18.1. The van der Waals surface area contributed by atoms with Gasteiger partial charge >= 0.3 is 0 Å². The Kier molecular flexibility index (Phi) is 6.44. The fraction of sp³-hybridized carbons (Fsp3) is 0.565. The summed E-state index contributed by atoms with van der Waals surface area (Å²) in [5, 5.41) is 6.80. The van der Waals surface area contributed by atoms with Crippen LogP contribution >= 0.6 is 22.7 Å². The number of hydrogen-bond acceptors (Lipinski definition) is 6. The maximum atomic E-state index is 12.8. The molecule has 2 aromatic heterocycles. The van der Waals surface area contributed by atoms with Crippen LogP contribution < -0.4 is 5.32 Å². The molecule has 2 aliphatic rings. The van der Waals surface area contributed by atoms with Crippen LogP contribution in [0, 0.1) is 26.2 Å². The van der Waals surface area contributed by atoms with Crippen molar-refractivity contribution in [2.45, 2.75) is 70.3 Å². The Bertz CT molecular complexity index is 1010. The van der Waals surface area contributed by atoms with Gasteiger partial charge in [0.05, 0.1) is 15.7 Å². The number of terminal acetylenes is 1. The van der Waals surface area contributed by atoms with E-state index in [1.165, 1.54) is 29.1 Å². The van der Waals surface area contributed by atoms with Crippen molar-refractivity contribution in [3.8, 4) is 12.3 Å². The molecule has 8 heteroatoms. The molecule has 3 heterocycles. The Balaban J connectivity index is 1.36. The van der Waals surface area contributed by atoms with Gasteiger partial charge in [-0.1, -0.05) is 25.2 Å². The van der Waals surface area contributed by atoms with Gasteiger partial charge in [-0.15, -0.1) is 29.1 Å². The molecule has 1 N–H and O–H groups in total. The van der Waals surface area contributed by atoms with Gasteiger partial charge in [0.25, 0.3) is 11.8 Å². The predicted octanol–water partition coefficient (Wildman–Crippen LogP) is 4.30. The number of nitrogens with zero attached hydrogens (tertiary/aromatic N) is 3. The van der Waals surface area contributed by atoms with E-state index in [1.54, 1.807) is 0 Å². The molecule has 1 saturated carbocycles. The number of carbonyl (C=O) groups is 2. The first-order valence-corrected chi connectivity index (χ1v) is 12.6. The summed E-state index contributed by atoms with van der Waals surface area (Å²) in [5.74, 6) is 3.00. The highest BCUT2D eigenvalue weighted by Gasteiger charge is 2.33. The molecule has 6 nitrogen and oxygen atoms in total. The number of piperidine rings is 1. The van der Waals surface area contributed by atoms with Crippen molar-refractivity contribution in [2.24, 2.45) is 0 Å². The maximum absolute atomic E-state index is 12.8. The molecule has 0 unspecified atom stereocenters. The molecule has 31 heavy (non-hydrogen) atoms. The van der Waals surface area contributed by atoms with Crippen LogP contribution in [-0.2, 0) is 0 Å². The summed E-state index contributed by atoms with van der Waals surface area (Å²) >= 11 is 2.99. The average Bonchev–Trinajstić information content (AvgIpc) is 3.40. The molecule has 2 amide bonds. The van der Waals surface area contributed by atoms with Gasteiger partial charge in [-0.3, -0.25) is 9.59 Å². The Morgan fingerprint density at radius 3 is 2.52 bits per heavy atom. The number of likely N-dealkylation sites (tertiary alicyclic amines) is 1. The molecule has 0 radical (unpaired) electrons. The smallest absolute Gasteiger partial charge is 0.271 e. The lowest BCUT2D eigenvalue weighted by Crippen LogP contribution is -2.48. The van der Waals surface area contributed by atoms with E-state index >= 15 is 0 Å². The van der Waals surface area contributed by atoms with Gasteiger partial charge < -0.3 is 10.2 Å². The largest absolute Gasteiger partial charge is 0.338 e. The molecule has 1 aliphatic carbocycles. The van der Waals surface area contributed by atoms with Crippen molar-refractivity contribution >= 4 is 34.5 Å². The van der Waals surface area contributed by atoms with Crippen LogP contribution in [0.15, 0.2) is 5.38 Å². The lowest BCUT2D eigenvalue weighted by atomic mass is 9.82. The van der Waals surface area contributed by atoms with Crippen LogP contribution in [0.5, 0.6) is 0 Å². The lowest BCUT2D eigenvalue weighted by molar-refractivity contribution is 0.0717. The number of thiazole rings is 2. The first kappa shape index (κ1) is 22.0. The van der Waals surface area contributed by atoms with Crippen molar-refractivity contribution in [2.75, 3.05) is 13.1 Å². The average molecular weight is 457 g/mol. The van der Waals surface area contributed by atoms with Crippen molar-refractivity contribution in [3.63, 3.8) is 0 Å². The normalized spacial score (nSPS) is 19.1. The minimum atomic E-state index is -0.530. The van der Waals surface area contributed by atoms with Crippen molar-refractivity contribution in [1.82, 2.24) is 20.2 Å². The van der Waals surface area contributed by atoms with Crippen molar-refractivity contribution in [1.29, 1.82) is 0 Å². The van der Waals surface area contributed by atoms with Crippen LogP contribution in [0.3, 0.4) is 0 Å². The highest BCUT2D eigenvalue weighted by Crippen LogP contribution is 2.32. The van der Waals surface area contributed by atoms with Crippen LogP contribution in [-0.4, -0.2) is 45.3 Å². The van der Waals surface area contributed by atoms with Gasteiger partial charge in [0.2, 0.25) is 0 Å². The van der Waals surface area contributed by atoms with E-state index in [2.05, 4.69) is 21.2 Å². The molecule has 0 aromatic carbocycles. The summed E-state index contributed by atoms with van der Waals surface area (Å²) in [6.45, 7) is 5.21. The number of carbonyl (C=O) groups excluding carboxylic acids is 2. The molecule has 0 atom stereocenters. The first-order chi connectivity index (χ1) is 14.9. The van der Waals surface area contributed by atoms with Crippen molar-refractivity contribution in [3.05, 3.63) is 31.7 Å². The van der Waals surface area contributed by atoms with E-state index in [0.29, 0.717) is 18.8 Å². The van der Waals surface area contributed by atoms with E-state index in [0.717, 1.165) is 59.1 Å². The Hall–Kier alpha value is -2.24. The molecule has 164 valence electrons. The molecule has 2 aromatic rings. The quantitative estimate of drug-likeness (QED) is 0.696. The number of rotatable bonds is 4. The summed E-state index contributed by atoms with van der Waals surface area (Å²) in [6, 6.07) is 0. The number of hydrogen-bond donors (Lipinski definition) is 1. The Labute approximate surface area is 191 Å². The highest BCUT2D eigenvalue weighted by atomic mass is 32.1. The van der Waals surface area contributed by atoms with Gasteiger partial charge in [0.15, 0.2) is 0 Å². The second-order valence-corrected chi connectivity index (χ2v) is 10.6. The van der Waals surface area contributed by atoms with Crippen molar-refractivity contribution < 1.29 is 9.59 Å². The van der Waals surface area contributed by atoms with E-state index < -0.39 is 5.54 Å². The summed E-state index contributed by atoms with van der Waals surface area (Å²) < 4.78 is 0. The van der Waals surface area contributed by atoms with Crippen LogP contribution in [0.2, 0.25) is 0 Å². The second-order valence-electron chi connectivity index (χ2n) is 8.53. The Morgan fingerprint density at radius 2 is 1.90 bits per heavy atom. The number of nitrogens with one attached hydrogen (secondary N) is 1. The van der Waals surface area contributed by atoms with Crippen LogP contribution in [0.4, 0.5) is 0 Å². The van der Waals surface area contributed by atoms with Gasteiger partial charge in [-0.05, 0) is 39.5 Å². The number of amides is 2. The molecule has 0 spiro atoms. The third-order valence-electron chi connectivity index (χ3n) is 6.32. The molecule has 1 aliphatic heterocycles. The third kappa shape index (κ3) is 4.68. The summed E-state index contributed by atoms with van der Waals surface area (Å²) in [4.78, 5) is 37.3. The number of aromatic nitrogens is 2. The van der Waals surface area contributed by atoms with E-state index in [4.69, 9.17) is 6.42 Å². The minimum absolute atomic E-state index is 0.0767. The SMILES string of the molecule is C#CC1(NC(=O)c2csc(C3CCN(C(=O)c4sc(C)nc4C)CC3)n2)CCCCC1. The van der Waals surface area contributed by atoms with Crippen LogP contribution in [0.25, 0.3) is 0 Å². The predicted molar refractivity (Wildman–Crippen MR) is 124 cm³/mol. The fourth-order valence-electron chi connectivity index (χ4n) is 4.52. The monoisotopic (exact) mass is 456 g/mol. The summed E-state index contributed by atoms with van der Waals surface area (Å²) in [5.41, 5.74) is 0.736. The molecule has 1 saturated heterocycles. The first-order valence-electron chi connectivity index (χ1n) is 10.9. The van der Waals surface area contributed by atoms with E-state index in [-0.39, 0.29) is 17.7 Å². The van der Waals surface area contributed by atoms with Crippen LogP contribution in [0.1, 0.15) is 86.7 Å². The highest BCUT2D eigenvalue weighted by molar-refractivity contribution is 7.13. The topological polar surface area (TPSA) is 75.2 Å². The number of aryl methyl sites for hydroxylation is 2. The van der Waals surface area contributed by atoms with E-state index in [1.807, 2.05) is 24.1 Å². The van der Waals surface area contributed by atoms with E-state index in [9.17, 15) is 9.59 Å². The molecule has 2 fully saturated rings. The molecular weight excluding hydrogens is 428 g/mol. The molecule has 4 rings (SSSR count).